The number of likely N-dealkylation sites (N-methyl/N-ethyl adjacent to an activating group) is 2. The molecule has 2 aliphatic rings. The summed E-state index contributed by atoms with van der Waals surface area (Å²) < 4.78 is 29.5. The number of H-pyrrole nitrogens is 2. The number of hydrogen-bond donors (Lipinski definition) is 6. The molecule has 4 aromatic rings. The Hall–Kier alpha value is -4.82. The first-order valence-electron chi connectivity index (χ1n) is 20.1. The van der Waals surface area contributed by atoms with Gasteiger partial charge in [0.15, 0.2) is 0 Å². The van der Waals surface area contributed by atoms with Crippen LogP contribution in [-0.4, -0.2) is 107 Å². The van der Waals surface area contributed by atoms with Gasteiger partial charge in [-0.1, -0.05) is 13.8 Å². The fourth-order valence-electron chi connectivity index (χ4n) is 8.39. The normalized spacial score (nSPS) is 19.4. The second kappa shape index (κ2) is 17.5. The Kier molecular flexibility index (Phi) is 12.8. The van der Waals surface area contributed by atoms with Crippen LogP contribution in [0.25, 0.3) is 33.2 Å². The van der Waals surface area contributed by atoms with Crippen LogP contribution in [0.5, 0.6) is 0 Å². The zero-order valence-corrected chi connectivity index (χ0v) is 33.3. The summed E-state index contributed by atoms with van der Waals surface area (Å²) in [5.41, 5.74) is 4.41. The summed E-state index contributed by atoms with van der Waals surface area (Å²) in [6.07, 6.45) is 4.92. The molecule has 2 fully saturated rings. The zero-order chi connectivity index (χ0) is 40.3. The molecule has 2 aliphatic heterocycles. The number of carbonyl (C=O) groups excluding carboxylic acids is 4. The van der Waals surface area contributed by atoms with Crippen molar-refractivity contribution in [2.24, 2.45) is 0 Å². The molecule has 4 amide bonds. The molecule has 0 spiro atoms. The summed E-state index contributed by atoms with van der Waals surface area (Å²) in [6, 6.07) is 6.67. The van der Waals surface area contributed by atoms with Gasteiger partial charge in [0.05, 0.1) is 23.5 Å². The van der Waals surface area contributed by atoms with E-state index in [9.17, 15) is 28.0 Å². The van der Waals surface area contributed by atoms with Gasteiger partial charge in [0.25, 0.3) is 0 Å². The van der Waals surface area contributed by atoms with Crippen LogP contribution in [-0.2, 0) is 32.0 Å². The number of halogens is 2. The summed E-state index contributed by atoms with van der Waals surface area (Å²) in [7, 11) is 3.39. The van der Waals surface area contributed by atoms with Gasteiger partial charge in [-0.25, -0.2) is 8.78 Å². The first kappa shape index (κ1) is 40.8. The van der Waals surface area contributed by atoms with Gasteiger partial charge in [0.1, 0.15) is 23.7 Å². The number of aromatic nitrogens is 2. The van der Waals surface area contributed by atoms with E-state index in [4.69, 9.17) is 0 Å². The quantitative estimate of drug-likeness (QED) is 0.103. The lowest BCUT2D eigenvalue weighted by atomic mass is 9.95. The van der Waals surface area contributed by atoms with Gasteiger partial charge in [-0.3, -0.25) is 19.2 Å². The Balaban J connectivity index is 1.37. The highest BCUT2D eigenvalue weighted by Gasteiger charge is 2.37. The van der Waals surface area contributed by atoms with Crippen LogP contribution in [0.1, 0.15) is 77.3 Å². The van der Waals surface area contributed by atoms with Crippen LogP contribution in [0.2, 0.25) is 0 Å². The Bertz CT molecular complexity index is 1930. The lowest BCUT2D eigenvalue weighted by Gasteiger charge is -2.30. The van der Waals surface area contributed by atoms with E-state index < -0.39 is 35.8 Å². The zero-order valence-electron chi connectivity index (χ0n) is 33.3. The molecular formula is C42H56F2N8O4. The molecule has 0 bridgehead atoms. The smallest absolute Gasteiger partial charge is 0.245 e. The van der Waals surface area contributed by atoms with Crippen LogP contribution in [0.15, 0.2) is 36.4 Å². The van der Waals surface area contributed by atoms with E-state index in [1.165, 1.54) is 24.3 Å². The highest BCUT2D eigenvalue weighted by Crippen LogP contribution is 2.39. The van der Waals surface area contributed by atoms with Gasteiger partial charge in [0, 0.05) is 47.0 Å². The summed E-state index contributed by atoms with van der Waals surface area (Å²) in [6.45, 7) is 8.36. The van der Waals surface area contributed by atoms with Crippen molar-refractivity contribution in [1.82, 2.24) is 41.0 Å². The number of carbonyl (C=O) groups is 4. The van der Waals surface area contributed by atoms with Gasteiger partial charge < -0.3 is 41.0 Å². The van der Waals surface area contributed by atoms with Gasteiger partial charge in [-0.05, 0) is 127 Å². The lowest BCUT2D eigenvalue weighted by Crippen LogP contribution is -2.53. The molecular weight excluding hydrogens is 719 g/mol. The SMILES string of the molecule is CC[C@H](NC(=O)[C@@H](C)NC)C(=O)N1CCC[C@@H]1Cc1c(-c2[nH]c3cc(F)ccc3c2C[C@H]2CCCN2C(=O)[C@@H](CC)NC(=O)[C@@H](C)NC)[nH]c2cc(F)ccc12. The van der Waals surface area contributed by atoms with Crippen LogP contribution in [0.3, 0.4) is 0 Å². The molecule has 4 heterocycles. The first-order chi connectivity index (χ1) is 26.9. The van der Waals surface area contributed by atoms with E-state index in [1.807, 2.05) is 23.6 Å². The first-order valence-corrected chi connectivity index (χ1v) is 20.1. The molecule has 56 heavy (non-hydrogen) atoms. The number of nitrogens with zero attached hydrogens (tertiary/aromatic N) is 2. The molecule has 0 radical (unpaired) electrons. The maximum absolute atomic E-state index is 14.8. The Morgan fingerprint density at radius 1 is 0.696 bits per heavy atom. The highest BCUT2D eigenvalue weighted by atomic mass is 19.1. The monoisotopic (exact) mass is 774 g/mol. The van der Waals surface area contributed by atoms with Gasteiger partial charge in [0.2, 0.25) is 23.6 Å². The maximum atomic E-state index is 14.8. The highest BCUT2D eigenvalue weighted by molar-refractivity contribution is 5.97. The molecule has 0 unspecified atom stereocenters. The fraction of sp³-hybridized carbons (Fsp3) is 0.524. The van der Waals surface area contributed by atoms with Crippen molar-refractivity contribution >= 4 is 45.4 Å². The van der Waals surface area contributed by atoms with Crippen LogP contribution in [0, 0.1) is 11.6 Å². The number of aromatic amines is 2. The predicted octanol–water partition coefficient (Wildman–Crippen LogP) is 4.67. The van der Waals surface area contributed by atoms with E-state index >= 15 is 0 Å². The van der Waals surface area contributed by atoms with Crippen molar-refractivity contribution < 1.29 is 28.0 Å². The van der Waals surface area contributed by atoms with Gasteiger partial charge >= 0.3 is 0 Å². The average Bonchev–Trinajstić information content (AvgIpc) is 4.00. The van der Waals surface area contributed by atoms with Crippen molar-refractivity contribution in [2.75, 3.05) is 27.2 Å². The van der Waals surface area contributed by atoms with Crippen molar-refractivity contribution in [3.05, 3.63) is 59.2 Å². The molecule has 6 atom stereocenters. The molecule has 2 aromatic heterocycles. The molecule has 6 rings (SSSR count). The van der Waals surface area contributed by atoms with Crippen molar-refractivity contribution in [1.29, 1.82) is 0 Å². The maximum Gasteiger partial charge on any atom is 0.245 e. The molecule has 302 valence electrons. The van der Waals surface area contributed by atoms with E-state index in [1.54, 1.807) is 40.1 Å². The number of amides is 4. The third kappa shape index (κ3) is 8.31. The Morgan fingerprint density at radius 2 is 1.09 bits per heavy atom. The molecule has 12 nitrogen and oxygen atoms in total. The van der Waals surface area contributed by atoms with E-state index in [2.05, 4.69) is 31.2 Å². The van der Waals surface area contributed by atoms with Crippen molar-refractivity contribution in [3.63, 3.8) is 0 Å². The topological polar surface area (TPSA) is 154 Å². The minimum atomic E-state index is -0.671. The lowest BCUT2D eigenvalue weighted by molar-refractivity contribution is -0.137. The largest absolute Gasteiger partial charge is 0.353 e. The number of likely N-dealkylation sites (tertiary alicyclic amines) is 2. The molecule has 6 N–H and O–H groups in total. The number of hydrogen-bond acceptors (Lipinski definition) is 6. The number of fused-ring (bicyclic) bond motifs is 2. The standard InChI is InChI=1S/C42H56F2N8O4/c1-7-33(49-39(53)23(3)45-5)41(55)51-17-9-11-27(51)21-31-29-15-13-25(43)19-35(29)47-37(31)38-32(30-16-14-26(44)20-36(30)48-38)22-28-12-10-18-52(28)42(56)34(8-2)50-40(54)24(4)46-6/h13-16,19-20,23-24,27-28,33-34,45-48H,7-12,17-18,21-22H2,1-6H3,(H,49,53)(H,50,54)/t23-,24-,27-,28-,33-,34+/m1/s1. The third-order valence-electron chi connectivity index (χ3n) is 11.9. The summed E-state index contributed by atoms with van der Waals surface area (Å²) in [4.78, 5) is 64.3. The molecule has 0 aliphatic carbocycles. The van der Waals surface area contributed by atoms with E-state index in [0.717, 1.165) is 59.0 Å². The second-order valence-corrected chi connectivity index (χ2v) is 15.4. The molecule has 0 saturated carbocycles. The number of benzene rings is 2. The van der Waals surface area contributed by atoms with Crippen LogP contribution in [0.4, 0.5) is 8.78 Å². The van der Waals surface area contributed by atoms with Gasteiger partial charge in [-0.15, -0.1) is 0 Å². The van der Waals surface area contributed by atoms with Crippen molar-refractivity contribution in [2.45, 2.75) is 115 Å². The number of nitrogens with one attached hydrogen (secondary N) is 6. The number of rotatable bonds is 15. The molecule has 2 saturated heterocycles. The van der Waals surface area contributed by atoms with Gasteiger partial charge in [-0.2, -0.15) is 0 Å². The summed E-state index contributed by atoms with van der Waals surface area (Å²) in [5, 5.41) is 13.3. The minimum absolute atomic E-state index is 0.131. The summed E-state index contributed by atoms with van der Waals surface area (Å²) >= 11 is 0. The van der Waals surface area contributed by atoms with Crippen LogP contribution >= 0.6 is 0 Å². The fourth-order valence-corrected chi connectivity index (χ4v) is 8.39. The van der Waals surface area contributed by atoms with E-state index in [-0.39, 0.29) is 35.7 Å². The molecule has 14 heteroatoms. The minimum Gasteiger partial charge on any atom is -0.353 e. The summed E-state index contributed by atoms with van der Waals surface area (Å²) in [5.74, 6) is -1.54. The Labute approximate surface area is 326 Å². The van der Waals surface area contributed by atoms with Crippen LogP contribution < -0.4 is 21.3 Å². The van der Waals surface area contributed by atoms with Crippen molar-refractivity contribution in [3.8, 4) is 11.4 Å². The second-order valence-electron chi connectivity index (χ2n) is 15.4. The molecule has 2 aromatic carbocycles. The Morgan fingerprint density at radius 3 is 1.45 bits per heavy atom. The average molecular weight is 775 g/mol. The predicted molar refractivity (Wildman–Crippen MR) is 214 cm³/mol. The third-order valence-corrected chi connectivity index (χ3v) is 11.9. The van der Waals surface area contributed by atoms with E-state index in [0.29, 0.717) is 49.8 Å².